The Labute approximate surface area is 91.5 Å². The lowest BCUT2D eigenvalue weighted by molar-refractivity contribution is 0.730. The van der Waals surface area contributed by atoms with Gasteiger partial charge in [-0.1, -0.05) is 27.7 Å². The van der Waals surface area contributed by atoms with Crippen molar-refractivity contribution in [2.45, 2.75) is 46.6 Å². The lowest BCUT2D eigenvalue weighted by Gasteiger charge is -2.01. The first kappa shape index (κ1) is 11.7. The zero-order valence-corrected chi connectivity index (χ0v) is 10.5. The van der Waals surface area contributed by atoms with Gasteiger partial charge in [0.1, 0.15) is 0 Å². The Morgan fingerprint density at radius 1 is 1.36 bits per heavy atom. The molecule has 0 radical (unpaired) electrons. The maximum Gasteiger partial charge on any atom is 0.0302 e. The molecule has 0 atom stereocenters. The van der Waals surface area contributed by atoms with Crippen LogP contribution in [0.25, 0.3) is 0 Å². The molecule has 14 heavy (non-hydrogen) atoms. The quantitative estimate of drug-likeness (QED) is 0.785. The van der Waals surface area contributed by atoms with Gasteiger partial charge in [-0.25, -0.2) is 0 Å². The van der Waals surface area contributed by atoms with Crippen molar-refractivity contribution in [3.63, 3.8) is 0 Å². The number of aryl methyl sites for hydroxylation is 1. The van der Waals surface area contributed by atoms with Crippen molar-refractivity contribution in [3.05, 3.63) is 21.4 Å². The van der Waals surface area contributed by atoms with E-state index in [1.165, 1.54) is 15.3 Å². The van der Waals surface area contributed by atoms with E-state index in [4.69, 9.17) is 0 Å². The SMILES string of the molecule is CCNCc1sc(C(C)C)cc1CC. The molecule has 0 saturated heterocycles. The van der Waals surface area contributed by atoms with E-state index in [1.807, 2.05) is 11.3 Å². The van der Waals surface area contributed by atoms with Gasteiger partial charge in [0.25, 0.3) is 0 Å². The van der Waals surface area contributed by atoms with Crippen molar-refractivity contribution < 1.29 is 0 Å². The summed E-state index contributed by atoms with van der Waals surface area (Å²) in [5.74, 6) is 0.667. The van der Waals surface area contributed by atoms with Crippen LogP contribution in [-0.4, -0.2) is 6.54 Å². The van der Waals surface area contributed by atoms with Gasteiger partial charge in [0.15, 0.2) is 0 Å². The minimum atomic E-state index is 0.667. The maximum absolute atomic E-state index is 3.40. The lowest BCUT2D eigenvalue weighted by Crippen LogP contribution is -2.11. The molecule has 0 aliphatic rings. The van der Waals surface area contributed by atoms with Gasteiger partial charge in [0, 0.05) is 16.3 Å². The lowest BCUT2D eigenvalue weighted by atomic mass is 10.1. The fourth-order valence-corrected chi connectivity index (χ4v) is 2.69. The van der Waals surface area contributed by atoms with Crippen LogP contribution < -0.4 is 5.32 Å². The predicted molar refractivity (Wildman–Crippen MR) is 65.2 cm³/mol. The van der Waals surface area contributed by atoms with E-state index in [2.05, 4.69) is 39.1 Å². The number of thiophene rings is 1. The molecule has 0 saturated carbocycles. The summed E-state index contributed by atoms with van der Waals surface area (Å²) in [6.45, 7) is 11.0. The number of hydrogen-bond donors (Lipinski definition) is 1. The Hall–Kier alpha value is -0.340. The van der Waals surface area contributed by atoms with Crippen molar-refractivity contribution in [3.8, 4) is 0 Å². The minimum absolute atomic E-state index is 0.667. The molecule has 1 rings (SSSR count). The Morgan fingerprint density at radius 3 is 2.57 bits per heavy atom. The van der Waals surface area contributed by atoms with E-state index in [0.29, 0.717) is 5.92 Å². The van der Waals surface area contributed by atoms with E-state index in [9.17, 15) is 0 Å². The summed E-state index contributed by atoms with van der Waals surface area (Å²) in [7, 11) is 0. The van der Waals surface area contributed by atoms with E-state index < -0.39 is 0 Å². The average Bonchev–Trinajstić information content (AvgIpc) is 2.57. The van der Waals surface area contributed by atoms with Gasteiger partial charge in [0.05, 0.1) is 0 Å². The molecule has 0 unspecified atom stereocenters. The minimum Gasteiger partial charge on any atom is -0.312 e. The summed E-state index contributed by atoms with van der Waals surface area (Å²) in [5.41, 5.74) is 1.53. The molecule has 1 aromatic rings. The van der Waals surface area contributed by atoms with Crippen LogP contribution in [0.1, 0.15) is 48.9 Å². The maximum atomic E-state index is 3.40. The molecule has 0 bridgehead atoms. The highest BCUT2D eigenvalue weighted by Gasteiger charge is 2.09. The molecule has 0 aliphatic carbocycles. The molecule has 0 aromatic carbocycles. The molecule has 1 aromatic heterocycles. The van der Waals surface area contributed by atoms with Gasteiger partial charge < -0.3 is 5.32 Å². The first-order valence-corrected chi connectivity index (χ1v) is 6.32. The molecular weight excluding hydrogens is 190 g/mol. The molecule has 0 aliphatic heterocycles. The zero-order chi connectivity index (χ0) is 10.6. The van der Waals surface area contributed by atoms with E-state index in [0.717, 1.165) is 19.5 Å². The van der Waals surface area contributed by atoms with Crippen molar-refractivity contribution in [1.82, 2.24) is 5.32 Å². The summed E-state index contributed by atoms with van der Waals surface area (Å²) < 4.78 is 0. The second-order valence-corrected chi connectivity index (χ2v) is 5.05. The van der Waals surface area contributed by atoms with Crippen LogP contribution in [0.15, 0.2) is 6.07 Å². The van der Waals surface area contributed by atoms with E-state index in [-0.39, 0.29) is 0 Å². The molecule has 0 spiro atoms. The monoisotopic (exact) mass is 211 g/mol. The summed E-state index contributed by atoms with van der Waals surface area (Å²) in [6, 6.07) is 2.38. The van der Waals surface area contributed by atoms with Crippen LogP contribution in [0.2, 0.25) is 0 Å². The predicted octanol–water partition coefficient (Wildman–Crippen LogP) is 3.54. The van der Waals surface area contributed by atoms with Crippen LogP contribution in [0.3, 0.4) is 0 Å². The third-order valence-electron chi connectivity index (χ3n) is 2.40. The second-order valence-electron chi connectivity index (χ2n) is 3.89. The number of rotatable bonds is 5. The zero-order valence-electron chi connectivity index (χ0n) is 9.68. The summed E-state index contributed by atoms with van der Waals surface area (Å²) in [6.07, 6.45) is 1.16. The summed E-state index contributed by atoms with van der Waals surface area (Å²) in [5, 5.41) is 3.40. The number of hydrogen-bond acceptors (Lipinski definition) is 2. The van der Waals surface area contributed by atoms with Gasteiger partial charge in [-0.05, 0) is 30.5 Å². The van der Waals surface area contributed by atoms with E-state index in [1.54, 1.807) is 0 Å². The second kappa shape index (κ2) is 5.52. The van der Waals surface area contributed by atoms with Crippen molar-refractivity contribution >= 4 is 11.3 Å². The molecular formula is C12H21NS. The van der Waals surface area contributed by atoms with Gasteiger partial charge in [0.2, 0.25) is 0 Å². The topological polar surface area (TPSA) is 12.0 Å². The molecule has 2 heteroatoms. The molecule has 0 fully saturated rings. The van der Waals surface area contributed by atoms with Gasteiger partial charge in [-0.15, -0.1) is 11.3 Å². The molecule has 0 amide bonds. The van der Waals surface area contributed by atoms with Crippen molar-refractivity contribution in [1.29, 1.82) is 0 Å². The Bertz CT molecular complexity index is 276. The summed E-state index contributed by atoms with van der Waals surface area (Å²) in [4.78, 5) is 3.05. The van der Waals surface area contributed by atoms with Crippen LogP contribution in [0, 0.1) is 0 Å². The van der Waals surface area contributed by atoms with Crippen LogP contribution in [-0.2, 0) is 13.0 Å². The fourth-order valence-electron chi connectivity index (χ4n) is 1.46. The van der Waals surface area contributed by atoms with Crippen molar-refractivity contribution in [2.75, 3.05) is 6.54 Å². The normalized spacial score (nSPS) is 11.2. The number of nitrogens with one attached hydrogen (secondary N) is 1. The largest absolute Gasteiger partial charge is 0.312 e. The highest BCUT2D eigenvalue weighted by atomic mass is 32.1. The highest BCUT2D eigenvalue weighted by molar-refractivity contribution is 7.12. The molecule has 1 N–H and O–H groups in total. The van der Waals surface area contributed by atoms with Gasteiger partial charge >= 0.3 is 0 Å². The van der Waals surface area contributed by atoms with Crippen LogP contribution in [0.4, 0.5) is 0 Å². The molecule has 80 valence electrons. The first-order chi connectivity index (χ1) is 6.69. The van der Waals surface area contributed by atoms with E-state index >= 15 is 0 Å². The first-order valence-electron chi connectivity index (χ1n) is 5.51. The van der Waals surface area contributed by atoms with Crippen molar-refractivity contribution in [2.24, 2.45) is 0 Å². The van der Waals surface area contributed by atoms with Crippen LogP contribution in [0.5, 0.6) is 0 Å². The Morgan fingerprint density at radius 2 is 2.07 bits per heavy atom. The fraction of sp³-hybridized carbons (Fsp3) is 0.667. The average molecular weight is 211 g/mol. The van der Waals surface area contributed by atoms with Crippen LogP contribution >= 0.6 is 11.3 Å². The Balaban J connectivity index is 2.79. The molecule has 1 heterocycles. The standard InChI is InChI=1S/C12H21NS/c1-5-10-7-11(9(3)4)14-12(10)8-13-6-2/h7,9,13H,5-6,8H2,1-4H3. The van der Waals surface area contributed by atoms with Gasteiger partial charge in [-0.3, -0.25) is 0 Å². The highest BCUT2D eigenvalue weighted by Crippen LogP contribution is 2.28. The van der Waals surface area contributed by atoms with Gasteiger partial charge in [-0.2, -0.15) is 0 Å². The smallest absolute Gasteiger partial charge is 0.0302 e. The third-order valence-corrected chi connectivity index (χ3v) is 3.88. The summed E-state index contributed by atoms with van der Waals surface area (Å²) >= 11 is 1.97. The third kappa shape index (κ3) is 2.82. The molecule has 1 nitrogen and oxygen atoms in total. The Kier molecular flexibility index (Phi) is 4.63.